The van der Waals surface area contributed by atoms with E-state index in [4.69, 9.17) is 4.42 Å². The normalized spacial score (nSPS) is 11.5. The van der Waals surface area contributed by atoms with Gasteiger partial charge in [-0.1, -0.05) is 0 Å². The quantitative estimate of drug-likeness (QED) is 0.780. The van der Waals surface area contributed by atoms with Gasteiger partial charge >= 0.3 is 0 Å². The van der Waals surface area contributed by atoms with Crippen molar-refractivity contribution in [3.8, 4) is 11.3 Å². The number of rotatable bonds is 2. The molecule has 77 valence electrons. The molecule has 0 unspecified atom stereocenters. The van der Waals surface area contributed by atoms with Gasteiger partial charge in [0.05, 0.1) is 4.90 Å². The summed E-state index contributed by atoms with van der Waals surface area (Å²) in [4.78, 5) is 0.307. The van der Waals surface area contributed by atoms with Crippen molar-refractivity contribution in [3.05, 3.63) is 42.7 Å². The number of sulfone groups is 1. The molecule has 0 spiro atoms. The third kappa shape index (κ3) is 2.10. The fraction of sp³-hybridized carbons (Fsp3) is 0.0909. The van der Waals surface area contributed by atoms with Crippen molar-refractivity contribution >= 4 is 9.84 Å². The van der Waals surface area contributed by atoms with Crippen molar-refractivity contribution in [2.75, 3.05) is 6.26 Å². The van der Waals surface area contributed by atoms with E-state index < -0.39 is 9.84 Å². The Hall–Kier alpha value is -1.55. The molecule has 0 atom stereocenters. The van der Waals surface area contributed by atoms with E-state index in [0.717, 1.165) is 5.56 Å². The van der Waals surface area contributed by atoms with Gasteiger partial charge in [0.15, 0.2) is 16.1 Å². The summed E-state index contributed by atoms with van der Waals surface area (Å²) in [6.07, 6.45) is 3.76. The van der Waals surface area contributed by atoms with Gasteiger partial charge in [-0.25, -0.2) is 8.42 Å². The summed E-state index contributed by atoms with van der Waals surface area (Å²) in [5.74, 6) is 0.676. The van der Waals surface area contributed by atoms with Crippen LogP contribution in [0.2, 0.25) is 0 Å². The van der Waals surface area contributed by atoms with Crippen molar-refractivity contribution in [3.63, 3.8) is 0 Å². The Labute approximate surface area is 88.3 Å². The maximum Gasteiger partial charge on any atom is 0.175 e. The molecule has 1 heterocycles. The summed E-state index contributed by atoms with van der Waals surface area (Å²) >= 11 is 0. The van der Waals surface area contributed by atoms with Gasteiger partial charge in [0.2, 0.25) is 0 Å². The van der Waals surface area contributed by atoms with Crippen LogP contribution in [-0.2, 0) is 9.84 Å². The summed E-state index contributed by atoms with van der Waals surface area (Å²) in [5.41, 5.74) is 0.837. The fourth-order valence-corrected chi connectivity index (χ4v) is 1.89. The monoisotopic (exact) mass is 221 g/mol. The van der Waals surface area contributed by atoms with Gasteiger partial charge in [-0.15, -0.1) is 0 Å². The van der Waals surface area contributed by atoms with Crippen LogP contribution in [0.3, 0.4) is 0 Å². The second-order valence-corrected chi connectivity index (χ2v) is 5.23. The zero-order chi connectivity index (χ0) is 10.9. The molecule has 1 aromatic heterocycles. The summed E-state index contributed by atoms with van der Waals surface area (Å²) in [6, 6.07) is 9.99. The average molecular weight is 221 g/mol. The summed E-state index contributed by atoms with van der Waals surface area (Å²) < 4.78 is 27.5. The Morgan fingerprint density at radius 3 is 2.27 bits per heavy atom. The van der Waals surface area contributed by atoms with Crippen molar-refractivity contribution in [1.29, 1.82) is 0 Å². The second kappa shape index (κ2) is 3.55. The molecule has 0 saturated heterocycles. The van der Waals surface area contributed by atoms with Crippen LogP contribution in [0.15, 0.2) is 45.7 Å². The molecule has 4 heteroatoms. The molecular weight excluding hydrogens is 212 g/mol. The van der Waals surface area contributed by atoms with Crippen molar-refractivity contribution in [1.82, 2.24) is 0 Å². The molecule has 3 nitrogen and oxygen atoms in total. The first-order valence-corrected chi connectivity index (χ1v) is 6.23. The van der Waals surface area contributed by atoms with E-state index in [9.17, 15) is 8.42 Å². The molecule has 0 N–H and O–H groups in total. The van der Waals surface area contributed by atoms with Gasteiger partial charge in [-0.3, -0.25) is 0 Å². The number of hydrogen-bond acceptors (Lipinski definition) is 3. The molecule has 1 radical (unpaired) electrons. The zero-order valence-corrected chi connectivity index (χ0v) is 8.91. The molecule has 0 fully saturated rings. The van der Waals surface area contributed by atoms with Gasteiger partial charge in [0.25, 0.3) is 0 Å². The van der Waals surface area contributed by atoms with E-state index >= 15 is 0 Å². The maximum absolute atomic E-state index is 11.2. The SMILES string of the molecule is CS(=O)(=O)c1ccc(-c2cc[c]o2)cc1. The van der Waals surface area contributed by atoms with Crippen LogP contribution in [0.1, 0.15) is 0 Å². The van der Waals surface area contributed by atoms with Gasteiger partial charge in [0, 0.05) is 11.8 Å². The van der Waals surface area contributed by atoms with Crippen molar-refractivity contribution in [2.45, 2.75) is 4.90 Å². The second-order valence-electron chi connectivity index (χ2n) is 3.21. The number of benzene rings is 1. The Morgan fingerprint density at radius 2 is 1.80 bits per heavy atom. The number of hydrogen-bond donors (Lipinski definition) is 0. The lowest BCUT2D eigenvalue weighted by atomic mass is 10.2. The first-order valence-electron chi connectivity index (χ1n) is 4.34. The van der Waals surface area contributed by atoms with Crippen LogP contribution in [0, 0.1) is 6.26 Å². The van der Waals surface area contributed by atoms with E-state index in [1.807, 2.05) is 0 Å². The van der Waals surface area contributed by atoms with Gasteiger partial charge < -0.3 is 4.42 Å². The highest BCUT2D eigenvalue weighted by Gasteiger charge is 2.07. The van der Waals surface area contributed by atoms with E-state index in [1.54, 1.807) is 36.4 Å². The molecule has 0 amide bonds. The first kappa shape index (κ1) is 9.98. The van der Waals surface area contributed by atoms with E-state index in [-0.39, 0.29) is 0 Å². The van der Waals surface area contributed by atoms with Crippen molar-refractivity contribution in [2.24, 2.45) is 0 Å². The Bertz CT molecular complexity index is 536. The van der Waals surface area contributed by atoms with Crippen LogP contribution < -0.4 is 0 Å². The third-order valence-electron chi connectivity index (χ3n) is 2.04. The van der Waals surface area contributed by atoms with Crippen LogP contribution in [0.4, 0.5) is 0 Å². The van der Waals surface area contributed by atoms with Gasteiger partial charge in [0.1, 0.15) is 5.76 Å². The Kier molecular flexibility index (Phi) is 2.36. The molecule has 0 aliphatic rings. The van der Waals surface area contributed by atoms with Crippen LogP contribution in [0.25, 0.3) is 11.3 Å². The largest absolute Gasteiger partial charge is 0.453 e. The Balaban J connectivity index is 2.42. The minimum Gasteiger partial charge on any atom is -0.453 e. The van der Waals surface area contributed by atoms with Gasteiger partial charge in [-0.2, -0.15) is 0 Å². The average Bonchev–Trinajstić information content (AvgIpc) is 2.69. The van der Waals surface area contributed by atoms with Gasteiger partial charge in [-0.05, 0) is 36.4 Å². The predicted octanol–water partition coefficient (Wildman–Crippen LogP) is 2.15. The highest BCUT2D eigenvalue weighted by molar-refractivity contribution is 7.90. The molecule has 0 bridgehead atoms. The minimum atomic E-state index is -3.13. The highest BCUT2D eigenvalue weighted by Crippen LogP contribution is 2.21. The lowest BCUT2D eigenvalue weighted by Crippen LogP contribution is -1.95. The summed E-state index contributed by atoms with van der Waals surface area (Å²) in [7, 11) is -3.13. The maximum atomic E-state index is 11.2. The molecule has 0 aliphatic carbocycles. The van der Waals surface area contributed by atoms with E-state index in [1.165, 1.54) is 6.26 Å². The third-order valence-corrected chi connectivity index (χ3v) is 3.17. The molecular formula is C11H9O3S. The zero-order valence-electron chi connectivity index (χ0n) is 8.10. The molecule has 2 rings (SSSR count). The molecule has 0 saturated carbocycles. The van der Waals surface area contributed by atoms with Crippen LogP contribution in [0.5, 0.6) is 0 Å². The minimum absolute atomic E-state index is 0.307. The standard InChI is InChI=1S/C11H9O3S/c1-15(12,13)10-6-4-9(5-7-10)11-3-2-8-14-11/h2-7H,1H3. The Morgan fingerprint density at radius 1 is 1.13 bits per heavy atom. The molecule has 15 heavy (non-hydrogen) atoms. The topological polar surface area (TPSA) is 47.3 Å². The predicted molar refractivity (Wildman–Crippen MR) is 56.1 cm³/mol. The van der Waals surface area contributed by atoms with Crippen LogP contribution >= 0.6 is 0 Å². The molecule has 2 aromatic rings. The lowest BCUT2D eigenvalue weighted by Gasteiger charge is -1.99. The first-order chi connectivity index (χ1) is 7.07. The van der Waals surface area contributed by atoms with Crippen molar-refractivity contribution < 1.29 is 12.8 Å². The summed E-state index contributed by atoms with van der Waals surface area (Å²) in [6.45, 7) is 0. The molecule has 1 aromatic carbocycles. The fourth-order valence-electron chi connectivity index (χ4n) is 1.26. The van der Waals surface area contributed by atoms with E-state index in [2.05, 4.69) is 6.26 Å². The lowest BCUT2D eigenvalue weighted by molar-refractivity contribution is 0.573. The smallest absolute Gasteiger partial charge is 0.175 e. The van der Waals surface area contributed by atoms with E-state index in [0.29, 0.717) is 10.7 Å². The highest BCUT2D eigenvalue weighted by atomic mass is 32.2. The number of furan rings is 1. The van der Waals surface area contributed by atoms with Crippen LogP contribution in [-0.4, -0.2) is 14.7 Å². The molecule has 0 aliphatic heterocycles. The summed E-state index contributed by atoms with van der Waals surface area (Å²) in [5, 5.41) is 0.